The molecule has 1 heterocycles. The number of ether oxygens (including phenoxy) is 3. The fraction of sp³-hybridized carbons (Fsp3) is 0.667. The van der Waals surface area contributed by atoms with Gasteiger partial charge >= 0.3 is 5.69 Å². The molecule has 0 saturated carbocycles. The second kappa shape index (κ2) is 10.6. The number of carbonyl (C=O) groups excluding carboxylic acids is 1. The van der Waals surface area contributed by atoms with Crippen molar-refractivity contribution in [3.8, 4) is 0 Å². The van der Waals surface area contributed by atoms with Crippen LogP contribution in [0.15, 0.2) is 0 Å². The lowest BCUT2D eigenvalue weighted by Gasteiger charge is -2.05. The maximum Gasteiger partial charge on any atom is 0.323 e. The van der Waals surface area contributed by atoms with Crippen molar-refractivity contribution in [1.29, 1.82) is 0 Å². The SMILES string of the molecule is NCCOCCOCCOCCc1[nH]nc(C(N)=O)c1[N+](=O)[O-]. The molecule has 5 N–H and O–H groups in total. The summed E-state index contributed by atoms with van der Waals surface area (Å²) in [6.07, 6.45) is 0.205. The Kier molecular flexibility index (Phi) is 8.75. The first-order valence-corrected chi connectivity index (χ1v) is 7.02. The number of aromatic nitrogens is 2. The van der Waals surface area contributed by atoms with Gasteiger partial charge in [-0.05, 0) is 0 Å². The number of amides is 1. The first-order valence-electron chi connectivity index (χ1n) is 7.02. The molecule has 0 radical (unpaired) electrons. The average molecular weight is 331 g/mol. The quantitative estimate of drug-likeness (QED) is 0.234. The second-order valence-corrected chi connectivity index (χ2v) is 4.40. The van der Waals surface area contributed by atoms with Gasteiger partial charge in [0.15, 0.2) is 0 Å². The van der Waals surface area contributed by atoms with E-state index >= 15 is 0 Å². The molecule has 0 spiro atoms. The van der Waals surface area contributed by atoms with Gasteiger partial charge in [-0.15, -0.1) is 0 Å². The Hall–Kier alpha value is -2.08. The number of rotatable bonds is 13. The molecule has 0 aliphatic carbocycles. The van der Waals surface area contributed by atoms with Gasteiger partial charge in [0.05, 0.1) is 44.6 Å². The Bertz CT molecular complexity index is 506. The van der Waals surface area contributed by atoms with Gasteiger partial charge in [0.25, 0.3) is 5.91 Å². The number of H-pyrrole nitrogens is 1. The summed E-state index contributed by atoms with van der Waals surface area (Å²) in [5.74, 6) is -0.953. The number of nitrogens with two attached hydrogens (primary N) is 2. The summed E-state index contributed by atoms with van der Waals surface area (Å²) in [7, 11) is 0. The zero-order valence-electron chi connectivity index (χ0n) is 12.7. The monoisotopic (exact) mass is 331 g/mol. The van der Waals surface area contributed by atoms with E-state index in [1.165, 1.54) is 0 Å². The van der Waals surface area contributed by atoms with Gasteiger partial charge in [0.1, 0.15) is 5.69 Å². The molecule has 11 heteroatoms. The van der Waals surface area contributed by atoms with Gasteiger partial charge in [0.2, 0.25) is 5.69 Å². The molecule has 11 nitrogen and oxygen atoms in total. The molecule has 0 fully saturated rings. The number of hydrogen-bond acceptors (Lipinski definition) is 8. The largest absolute Gasteiger partial charge is 0.379 e. The van der Waals surface area contributed by atoms with Gasteiger partial charge in [-0.2, -0.15) is 5.10 Å². The van der Waals surface area contributed by atoms with E-state index in [1.807, 2.05) is 0 Å². The summed E-state index contributed by atoms with van der Waals surface area (Å²) in [5.41, 5.74) is 9.69. The lowest BCUT2D eigenvalue weighted by atomic mass is 10.2. The first kappa shape index (κ1) is 19.0. The van der Waals surface area contributed by atoms with Crippen molar-refractivity contribution in [2.45, 2.75) is 6.42 Å². The Morgan fingerprint density at radius 1 is 1.13 bits per heavy atom. The van der Waals surface area contributed by atoms with Crippen LogP contribution in [0.3, 0.4) is 0 Å². The number of nitro groups is 1. The molecule has 1 aromatic rings. The van der Waals surface area contributed by atoms with Crippen molar-refractivity contribution in [2.75, 3.05) is 46.2 Å². The summed E-state index contributed by atoms with van der Waals surface area (Å²) in [4.78, 5) is 21.3. The molecule has 0 aromatic carbocycles. The predicted octanol–water partition coefficient (Wildman–Crippen LogP) is -1.03. The zero-order valence-corrected chi connectivity index (χ0v) is 12.7. The summed E-state index contributed by atoms with van der Waals surface area (Å²) in [5, 5.41) is 16.9. The lowest BCUT2D eigenvalue weighted by molar-refractivity contribution is -0.385. The number of primary amides is 1. The first-order chi connectivity index (χ1) is 11.1. The number of hydrogen-bond donors (Lipinski definition) is 3. The Morgan fingerprint density at radius 3 is 2.22 bits per heavy atom. The van der Waals surface area contributed by atoms with E-state index in [1.54, 1.807) is 0 Å². The van der Waals surface area contributed by atoms with Gasteiger partial charge in [-0.3, -0.25) is 20.0 Å². The van der Waals surface area contributed by atoms with Crippen LogP contribution in [0.25, 0.3) is 0 Å². The third-order valence-electron chi connectivity index (χ3n) is 2.73. The van der Waals surface area contributed by atoms with Crippen LogP contribution in [0.1, 0.15) is 16.2 Å². The third kappa shape index (κ3) is 6.69. The molecule has 0 bridgehead atoms. The molecule has 130 valence electrons. The van der Waals surface area contributed by atoms with Gasteiger partial charge in [0, 0.05) is 13.0 Å². The predicted molar refractivity (Wildman–Crippen MR) is 79.0 cm³/mol. The third-order valence-corrected chi connectivity index (χ3v) is 2.73. The number of carbonyl (C=O) groups is 1. The molecular formula is C12H21N5O6. The zero-order chi connectivity index (χ0) is 17.1. The van der Waals surface area contributed by atoms with E-state index in [0.29, 0.717) is 39.6 Å². The van der Waals surface area contributed by atoms with Gasteiger partial charge < -0.3 is 25.7 Å². The van der Waals surface area contributed by atoms with E-state index in [-0.39, 0.29) is 24.4 Å². The van der Waals surface area contributed by atoms with Crippen LogP contribution in [-0.2, 0) is 20.6 Å². The fourth-order valence-electron chi connectivity index (χ4n) is 1.71. The van der Waals surface area contributed by atoms with E-state index in [2.05, 4.69) is 10.2 Å². The summed E-state index contributed by atoms with van der Waals surface area (Å²) in [6, 6.07) is 0. The summed E-state index contributed by atoms with van der Waals surface area (Å²) in [6.45, 7) is 2.81. The standard InChI is InChI=1S/C12H21N5O6/c13-2-4-22-6-8-23-7-5-21-3-1-9-11(17(19)20)10(12(14)18)16-15-9/h1-8,13H2,(H2,14,18)(H,15,16). The average Bonchev–Trinajstić information content (AvgIpc) is 2.93. The molecule has 0 saturated heterocycles. The summed E-state index contributed by atoms with van der Waals surface area (Å²) < 4.78 is 15.7. The van der Waals surface area contributed by atoms with Gasteiger partial charge in [-0.1, -0.05) is 0 Å². The number of aromatic amines is 1. The maximum absolute atomic E-state index is 11.1. The Morgan fingerprint density at radius 2 is 1.70 bits per heavy atom. The van der Waals surface area contributed by atoms with Crippen molar-refractivity contribution in [2.24, 2.45) is 11.5 Å². The molecule has 1 aromatic heterocycles. The van der Waals surface area contributed by atoms with Crippen LogP contribution in [0.4, 0.5) is 5.69 Å². The molecule has 0 atom stereocenters. The molecule has 0 aliphatic heterocycles. The maximum atomic E-state index is 11.1. The van der Waals surface area contributed by atoms with Crippen LogP contribution >= 0.6 is 0 Å². The fourth-order valence-corrected chi connectivity index (χ4v) is 1.71. The molecule has 23 heavy (non-hydrogen) atoms. The molecule has 0 unspecified atom stereocenters. The van der Waals surface area contributed by atoms with Crippen molar-refractivity contribution in [3.05, 3.63) is 21.5 Å². The normalized spacial score (nSPS) is 10.8. The molecule has 1 rings (SSSR count). The van der Waals surface area contributed by atoms with Crippen LogP contribution in [-0.4, -0.2) is 67.2 Å². The van der Waals surface area contributed by atoms with Crippen LogP contribution in [0.2, 0.25) is 0 Å². The van der Waals surface area contributed by atoms with E-state index in [9.17, 15) is 14.9 Å². The van der Waals surface area contributed by atoms with Crippen molar-refractivity contribution >= 4 is 11.6 Å². The molecular weight excluding hydrogens is 310 g/mol. The molecule has 1 amide bonds. The highest BCUT2D eigenvalue weighted by molar-refractivity contribution is 5.95. The Labute approximate surface area is 132 Å². The van der Waals surface area contributed by atoms with Crippen LogP contribution in [0.5, 0.6) is 0 Å². The van der Waals surface area contributed by atoms with Crippen molar-refractivity contribution in [1.82, 2.24) is 10.2 Å². The number of nitrogens with one attached hydrogen (secondary N) is 1. The second-order valence-electron chi connectivity index (χ2n) is 4.40. The topological polar surface area (TPSA) is 169 Å². The molecule has 0 aliphatic rings. The highest BCUT2D eigenvalue weighted by Crippen LogP contribution is 2.21. The highest BCUT2D eigenvalue weighted by Gasteiger charge is 2.27. The van der Waals surface area contributed by atoms with E-state index in [0.717, 1.165) is 0 Å². The van der Waals surface area contributed by atoms with Crippen LogP contribution < -0.4 is 11.5 Å². The smallest absolute Gasteiger partial charge is 0.323 e. The van der Waals surface area contributed by atoms with E-state index in [4.69, 9.17) is 25.7 Å². The van der Waals surface area contributed by atoms with Crippen molar-refractivity contribution < 1.29 is 23.9 Å². The summed E-state index contributed by atoms with van der Waals surface area (Å²) >= 11 is 0. The van der Waals surface area contributed by atoms with Crippen LogP contribution in [0, 0.1) is 10.1 Å². The minimum Gasteiger partial charge on any atom is -0.379 e. The van der Waals surface area contributed by atoms with Crippen molar-refractivity contribution in [3.63, 3.8) is 0 Å². The lowest BCUT2D eigenvalue weighted by Crippen LogP contribution is -2.14. The number of nitrogens with zero attached hydrogens (tertiary/aromatic N) is 2. The highest BCUT2D eigenvalue weighted by atomic mass is 16.6. The minimum absolute atomic E-state index is 0.194. The van der Waals surface area contributed by atoms with Gasteiger partial charge in [-0.25, -0.2) is 0 Å². The Balaban J connectivity index is 2.21. The minimum atomic E-state index is -0.953. The van der Waals surface area contributed by atoms with E-state index < -0.39 is 16.5 Å².